The van der Waals surface area contributed by atoms with E-state index in [-0.39, 0.29) is 0 Å². The van der Waals surface area contributed by atoms with Crippen molar-refractivity contribution in [1.82, 2.24) is 0 Å². The van der Waals surface area contributed by atoms with Gasteiger partial charge in [0, 0.05) is 6.08 Å². The summed E-state index contributed by atoms with van der Waals surface area (Å²) in [5.41, 5.74) is 7.58. The molecule has 0 aromatic heterocycles. The molecule has 1 N–H and O–H groups in total. The van der Waals surface area contributed by atoms with Gasteiger partial charge in [0.05, 0.1) is 0 Å². The molecule has 0 saturated heterocycles. The van der Waals surface area contributed by atoms with Crippen molar-refractivity contribution in [2.75, 3.05) is 0 Å². The summed E-state index contributed by atoms with van der Waals surface area (Å²) < 4.78 is 0. The van der Waals surface area contributed by atoms with Gasteiger partial charge in [-0.3, -0.25) is 0 Å². The minimum absolute atomic E-state index is 0.807. The fourth-order valence-electron chi connectivity index (χ4n) is 2.75. The maximum Gasteiger partial charge on any atom is 0.328 e. The zero-order chi connectivity index (χ0) is 13.6. The van der Waals surface area contributed by atoms with Crippen LogP contribution in [0.2, 0.25) is 0 Å². The van der Waals surface area contributed by atoms with E-state index in [1.807, 2.05) is 24.3 Å². The summed E-state index contributed by atoms with van der Waals surface area (Å²) >= 11 is 0. The third kappa shape index (κ3) is 1.68. The SMILES string of the molecule is Cc1ccc2c(c1C)-c1ccccc1/C2=C/C(=O)O. The van der Waals surface area contributed by atoms with Gasteiger partial charge in [0.1, 0.15) is 0 Å². The van der Waals surface area contributed by atoms with Crippen LogP contribution in [-0.2, 0) is 4.79 Å². The third-order valence-electron chi connectivity index (χ3n) is 3.78. The fourth-order valence-corrected chi connectivity index (χ4v) is 2.75. The van der Waals surface area contributed by atoms with Crippen LogP contribution in [0, 0.1) is 13.8 Å². The standard InChI is InChI=1S/C17H14O2/c1-10-7-8-14-15(9-16(18)19)12-5-3-4-6-13(12)17(14)11(10)2/h3-9H,1-2H3,(H,18,19)/b15-9-. The minimum Gasteiger partial charge on any atom is -0.478 e. The van der Waals surface area contributed by atoms with E-state index in [0.29, 0.717) is 0 Å². The van der Waals surface area contributed by atoms with Gasteiger partial charge < -0.3 is 5.11 Å². The number of carboxylic acid groups (broad SMARTS) is 1. The minimum atomic E-state index is -0.907. The predicted molar refractivity (Wildman–Crippen MR) is 76.1 cm³/mol. The number of aryl methyl sites for hydroxylation is 1. The molecule has 3 rings (SSSR count). The second-order valence-electron chi connectivity index (χ2n) is 4.87. The van der Waals surface area contributed by atoms with Gasteiger partial charge in [-0.25, -0.2) is 4.79 Å². The van der Waals surface area contributed by atoms with E-state index >= 15 is 0 Å². The average molecular weight is 250 g/mol. The van der Waals surface area contributed by atoms with Crippen molar-refractivity contribution in [1.29, 1.82) is 0 Å². The van der Waals surface area contributed by atoms with Crippen molar-refractivity contribution in [2.24, 2.45) is 0 Å². The molecule has 0 aliphatic heterocycles. The lowest BCUT2D eigenvalue weighted by Gasteiger charge is -2.08. The largest absolute Gasteiger partial charge is 0.478 e. The van der Waals surface area contributed by atoms with Gasteiger partial charge in [0.15, 0.2) is 0 Å². The monoisotopic (exact) mass is 250 g/mol. The number of rotatable bonds is 1. The molecular weight excluding hydrogens is 236 g/mol. The number of hydrogen-bond donors (Lipinski definition) is 1. The lowest BCUT2D eigenvalue weighted by molar-refractivity contribution is -0.131. The molecule has 0 saturated carbocycles. The van der Waals surface area contributed by atoms with Crippen molar-refractivity contribution in [3.8, 4) is 11.1 Å². The Morgan fingerprint density at radius 2 is 1.68 bits per heavy atom. The van der Waals surface area contributed by atoms with Gasteiger partial charge in [0.2, 0.25) is 0 Å². The van der Waals surface area contributed by atoms with Gasteiger partial charge in [-0.1, -0.05) is 36.4 Å². The fraction of sp³-hybridized carbons (Fsp3) is 0.118. The molecule has 2 heteroatoms. The van der Waals surface area contributed by atoms with Gasteiger partial charge in [0.25, 0.3) is 0 Å². The Balaban J connectivity index is 2.41. The smallest absolute Gasteiger partial charge is 0.328 e. The van der Waals surface area contributed by atoms with Crippen LogP contribution in [0.4, 0.5) is 0 Å². The number of carboxylic acids is 1. The van der Waals surface area contributed by atoms with Crippen LogP contribution in [0.25, 0.3) is 16.7 Å². The van der Waals surface area contributed by atoms with Crippen molar-refractivity contribution < 1.29 is 9.90 Å². The van der Waals surface area contributed by atoms with Crippen LogP contribution < -0.4 is 0 Å². The topological polar surface area (TPSA) is 37.3 Å². The molecule has 0 heterocycles. The van der Waals surface area contributed by atoms with Gasteiger partial charge in [-0.15, -0.1) is 0 Å². The number of fused-ring (bicyclic) bond motifs is 3. The number of hydrogen-bond acceptors (Lipinski definition) is 1. The molecule has 1 aliphatic carbocycles. The van der Waals surface area contributed by atoms with E-state index in [0.717, 1.165) is 22.3 Å². The summed E-state index contributed by atoms with van der Waals surface area (Å²) in [7, 11) is 0. The van der Waals surface area contributed by atoms with Gasteiger partial charge in [-0.2, -0.15) is 0 Å². The maximum atomic E-state index is 11.1. The molecule has 94 valence electrons. The summed E-state index contributed by atoms with van der Waals surface area (Å²) in [6.45, 7) is 4.17. The van der Waals surface area contributed by atoms with Crippen molar-refractivity contribution in [3.05, 3.63) is 64.7 Å². The molecule has 0 spiro atoms. The highest BCUT2D eigenvalue weighted by molar-refractivity contribution is 6.07. The van der Waals surface area contributed by atoms with Crippen molar-refractivity contribution in [2.45, 2.75) is 13.8 Å². The van der Waals surface area contributed by atoms with Crippen LogP contribution in [-0.4, -0.2) is 11.1 Å². The van der Waals surface area contributed by atoms with E-state index in [2.05, 4.69) is 26.0 Å². The van der Waals surface area contributed by atoms with Crippen LogP contribution in [0.15, 0.2) is 42.5 Å². The lowest BCUT2D eigenvalue weighted by Crippen LogP contribution is -1.92. The number of aliphatic carboxylic acids is 1. The van der Waals surface area contributed by atoms with Crippen molar-refractivity contribution in [3.63, 3.8) is 0 Å². The molecule has 19 heavy (non-hydrogen) atoms. The Bertz CT molecular complexity index is 724. The van der Waals surface area contributed by atoms with E-state index in [9.17, 15) is 4.79 Å². The zero-order valence-corrected chi connectivity index (χ0v) is 10.9. The molecule has 1 aliphatic rings. The first-order chi connectivity index (χ1) is 9.09. The Morgan fingerprint density at radius 1 is 1.00 bits per heavy atom. The van der Waals surface area contributed by atoms with Crippen LogP contribution in [0.1, 0.15) is 22.3 Å². The number of carbonyl (C=O) groups is 1. The molecule has 0 unspecified atom stereocenters. The normalized spacial score (nSPS) is 14.3. The highest BCUT2D eigenvalue weighted by Gasteiger charge is 2.25. The van der Waals surface area contributed by atoms with Gasteiger partial charge in [-0.05, 0) is 52.8 Å². The Morgan fingerprint density at radius 3 is 2.37 bits per heavy atom. The molecule has 0 atom stereocenters. The van der Waals surface area contributed by atoms with Crippen LogP contribution in [0.3, 0.4) is 0 Å². The number of benzene rings is 2. The third-order valence-corrected chi connectivity index (χ3v) is 3.78. The van der Waals surface area contributed by atoms with E-state index < -0.39 is 5.97 Å². The molecule has 2 aromatic carbocycles. The average Bonchev–Trinajstić information content (AvgIpc) is 2.69. The Labute approximate surface area is 112 Å². The van der Waals surface area contributed by atoms with E-state index in [4.69, 9.17) is 5.11 Å². The predicted octanol–water partition coefficient (Wildman–Crippen LogP) is 3.80. The summed E-state index contributed by atoms with van der Waals surface area (Å²) in [6, 6.07) is 12.1. The first kappa shape index (κ1) is 11.7. The lowest BCUT2D eigenvalue weighted by atomic mass is 9.96. The molecule has 2 aromatic rings. The first-order valence-electron chi connectivity index (χ1n) is 6.24. The molecule has 0 bridgehead atoms. The quantitative estimate of drug-likeness (QED) is 0.667. The van der Waals surface area contributed by atoms with E-state index in [1.165, 1.54) is 22.8 Å². The molecule has 0 amide bonds. The second-order valence-corrected chi connectivity index (χ2v) is 4.87. The summed E-state index contributed by atoms with van der Waals surface area (Å²) in [5.74, 6) is -0.907. The van der Waals surface area contributed by atoms with Crippen molar-refractivity contribution >= 4 is 11.5 Å². The zero-order valence-electron chi connectivity index (χ0n) is 10.9. The highest BCUT2D eigenvalue weighted by Crippen LogP contribution is 2.46. The molecule has 0 fully saturated rings. The summed E-state index contributed by atoms with van der Waals surface area (Å²) in [5, 5.41) is 9.07. The molecule has 2 nitrogen and oxygen atoms in total. The molecular formula is C17H14O2. The molecule has 0 radical (unpaired) electrons. The summed E-state index contributed by atoms with van der Waals surface area (Å²) in [6.07, 6.45) is 1.30. The highest BCUT2D eigenvalue weighted by atomic mass is 16.4. The Hall–Kier alpha value is -2.35. The first-order valence-corrected chi connectivity index (χ1v) is 6.24. The Kier molecular flexibility index (Phi) is 2.53. The van der Waals surface area contributed by atoms with Crippen LogP contribution >= 0.6 is 0 Å². The van der Waals surface area contributed by atoms with Crippen LogP contribution in [0.5, 0.6) is 0 Å². The van der Waals surface area contributed by atoms with Gasteiger partial charge >= 0.3 is 5.97 Å². The maximum absolute atomic E-state index is 11.1. The summed E-state index contributed by atoms with van der Waals surface area (Å²) in [4.78, 5) is 11.1. The second kappa shape index (κ2) is 4.09. The van der Waals surface area contributed by atoms with E-state index in [1.54, 1.807) is 0 Å².